The first-order valence-corrected chi connectivity index (χ1v) is 8.20. The van der Waals surface area contributed by atoms with E-state index in [9.17, 15) is 5.11 Å². The summed E-state index contributed by atoms with van der Waals surface area (Å²) in [5.41, 5.74) is 1.00. The zero-order chi connectivity index (χ0) is 16.1. The third kappa shape index (κ3) is 3.79. The van der Waals surface area contributed by atoms with E-state index >= 15 is 0 Å². The minimum Gasteiger partial charge on any atom is -0.477 e. The lowest BCUT2D eigenvalue weighted by Gasteiger charge is -2.34. The van der Waals surface area contributed by atoms with Gasteiger partial charge in [-0.15, -0.1) is 0 Å². The van der Waals surface area contributed by atoms with Gasteiger partial charge in [-0.3, -0.25) is 4.98 Å². The van der Waals surface area contributed by atoms with E-state index in [2.05, 4.69) is 14.9 Å². The quantitative estimate of drug-likeness (QED) is 0.920. The van der Waals surface area contributed by atoms with Crippen LogP contribution < -0.4 is 9.64 Å². The Morgan fingerprint density at radius 1 is 1.22 bits per heavy atom. The highest BCUT2D eigenvalue weighted by molar-refractivity contribution is 5.38. The fraction of sp³-hybridized carbons (Fsp3) is 0.444. The van der Waals surface area contributed by atoms with Crippen molar-refractivity contribution in [2.45, 2.75) is 25.9 Å². The van der Waals surface area contributed by atoms with Gasteiger partial charge in [0.15, 0.2) is 5.82 Å². The summed E-state index contributed by atoms with van der Waals surface area (Å²) in [4.78, 5) is 10.9. The smallest absolute Gasteiger partial charge is 0.234 e. The molecule has 0 bridgehead atoms. The standard InChI is InChI=1S/C18H23N3O2/c1-2-23-17-13-19-12-16(20-17)21-10-8-15(9-11-21)18(22)14-6-4-3-5-7-14/h3-7,12-13,15,18,22H,2,8-11H2,1H3/t18-/m1/s1. The van der Waals surface area contributed by atoms with Crippen molar-refractivity contribution in [2.75, 3.05) is 24.6 Å². The van der Waals surface area contributed by atoms with Crippen molar-refractivity contribution in [2.24, 2.45) is 5.92 Å². The van der Waals surface area contributed by atoms with Crippen molar-refractivity contribution in [1.82, 2.24) is 9.97 Å². The van der Waals surface area contributed by atoms with Gasteiger partial charge in [-0.25, -0.2) is 0 Å². The Morgan fingerprint density at radius 3 is 2.65 bits per heavy atom. The maximum Gasteiger partial charge on any atom is 0.234 e. The Bertz CT molecular complexity index is 613. The third-order valence-corrected chi connectivity index (χ3v) is 4.34. The van der Waals surface area contributed by atoms with E-state index in [1.807, 2.05) is 37.3 Å². The number of aliphatic hydroxyl groups excluding tert-OH is 1. The number of aliphatic hydroxyl groups is 1. The van der Waals surface area contributed by atoms with E-state index in [1.165, 1.54) is 0 Å². The van der Waals surface area contributed by atoms with Gasteiger partial charge in [-0.05, 0) is 31.2 Å². The predicted octanol–water partition coefficient (Wildman–Crippen LogP) is 2.83. The largest absolute Gasteiger partial charge is 0.477 e. The van der Waals surface area contributed by atoms with Crippen LogP contribution in [0.15, 0.2) is 42.7 Å². The van der Waals surface area contributed by atoms with Gasteiger partial charge < -0.3 is 14.7 Å². The van der Waals surface area contributed by atoms with E-state index < -0.39 is 0 Å². The molecule has 0 amide bonds. The molecule has 5 heteroatoms. The van der Waals surface area contributed by atoms with Crippen LogP contribution in [0.2, 0.25) is 0 Å². The highest BCUT2D eigenvalue weighted by Crippen LogP contribution is 2.32. The van der Waals surface area contributed by atoms with Gasteiger partial charge in [0.05, 0.1) is 25.1 Å². The van der Waals surface area contributed by atoms with Crippen molar-refractivity contribution in [1.29, 1.82) is 0 Å². The molecule has 0 unspecified atom stereocenters. The van der Waals surface area contributed by atoms with Crippen LogP contribution in [-0.4, -0.2) is 34.8 Å². The topological polar surface area (TPSA) is 58.5 Å². The number of nitrogens with zero attached hydrogens (tertiary/aromatic N) is 3. The highest BCUT2D eigenvalue weighted by atomic mass is 16.5. The van der Waals surface area contributed by atoms with Crippen molar-refractivity contribution in [3.05, 3.63) is 48.3 Å². The summed E-state index contributed by atoms with van der Waals surface area (Å²) in [6.07, 6.45) is 4.90. The van der Waals surface area contributed by atoms with Gasteiger partial charge in [0.1, 0.15) is 0 Å². The van der Waals surface area contributed by atoms with Crippen LogP contribution in [0.3, 0.4) is 0 Å². The number of hydrogen-bond donors (Lipinski definition) is 1. The molecule has 0 aliphatic carbocycles. The average Bonchev–Trinajstić information content (AvgIpc) is 2.62. The van der Waals surface area contributed by atoms with Crippen LogP contribution in [0.4, 0.5) is 5.82 Å². The SMILES string of the molecule is CCOc1cncc(N2CCC([C@H](O)c3ccccc3)CC2)n1. The summed E-state index contributed by atoms with van der Waals surface area (Å²) < 4.78 is 5.41. The van der Waals surface area contributed by atoms with E-state index in [-0.39, 0.29) is 12.0 Å². The van der Waals surface area contributed by atoms with Crippen LogP contribution >= 0.6 is 0 Å². The number of ether oxygens (including phenoxy) is 1. The first-order chi connectivity index (χ1) is 11.3. The van der Waals surface area contributed by atoms with E-state index in [1.54, 1.807) is 12.4 Å². The summed E-state index contributed by atoms with van der Waals surface area (Å²) in [6, 6.07) is 9.91. The minimum atomic E-state index is -0.390. The van der Waals surface area contributed by atoms with Gasteiger partial charge in [-0.2, -0.15) is 4.98 Å². The molecule has 2 heterocycles. The third-order valence-electron chi connectivity index (χ3n) is 4.34. The predicted molar refractivity (Wildman–Crippen MR) is 89.5 cm³/mol. The molecule has 1 atom stereocenters. The van der Waals surface area contributed by atoms with Crippen LogP contribution in [0.1, 0.15) is 31.4 Å². The molecule has 3 rings (SSSR count). The maximum absolute atomic E-state index is 10.5. The molecular weight excluding hydrogens is 290 g/mol. The number of piperidine rings is 1. The molecule has 5 nitrogen and oxygen atoms in total. The Balaban J connectivity index is 1.61. The van der Waals surface area contributed by atoms with E-state index in [0.717, 1.165) is 37.3 Å². The molecule has 1 N–H and O–H groups in total. The summed E-state index contributed by atoms with van der Waals surface area (Å²) in [5.74, 6) is 1.71. The number of rotatable bonds is 5. The van der Waals surface area contributed by atoms with Gasteiger partial charge in [0, 0.05) is 13.1 Å². The molecule has 1 saturated heterocycles. The molecular formula is C18H23N3O2. The fourth-order valence-corrected chi connectivity index (χ4v) is 3.07. The molecule has 2 aromatic rings. The molecule has 0 radical (unpaired) electrons. The Kier molecular flexibility index (Phi) is 5.08. The lowest BCUT2D eigenvalue weighted by molar-refractivity contribution is 0.0928. The van der Waals surface area contributed by atoms with E-state index in [0.29, 0.717) is 12.5 Å². The molecule has 0 spiro atoms. The first-order valence-electron chi connectivity index (χ1n) is 8.20. The van der Waals surface area contributed by atoms with Crippen LogP contribution in [0.25, 0.3) is 0 Å². The average molecular weight is 313 g/mol. The molecule has 1 aliphatic heterocycles. The number of benzene rings is 1. The Labute approximate surface area is 137 Å². The molecule has 122 valence electrons. The lowest BCUT2D eigenvalue weighted by Crippen LogP contribution is -2.36. The van der Waals surface area contributed by atoms with E-state index in [4.69, 9.17) is 4.74 Å². The van der Waals surface area contributed by atoms with Gasteiger partial charge in [0.25, 0.3) is 0 Å². The highest BCUT2D eigenvalue weighted by Gasteiger charge is 2.26. The second-order valence-electron chi connectivity index (χ2n) is 5.83. The van der Waals surface area contributed by atoms with Crippen LogP contribution in [0, 0.1) is 5.92 Å². The molecule has 1 aromatic heterocycles. The lowest BCUT2D eigenvalue weighted by atomic mass is 9.87. The summed E-state index contributed by atoms with van der Waals surface area (Å²) in [6.45, 7) is 4.27. The zero-order valence-corrected chi connectivity index (χ0v) is 13.4. The second-order valence-corrected chi connectivity index (χ2v) is 5.83. The molecule has 1 aromatic carbocycles. The number of aromatic nitrogens is 2. The van der Waals surface area contributed by atoms with Crippen molar-refractivity contribution >= 4 is 5.82 Å². The molecule has 1 aliphatic rings. The van der Waals surface area contributed by atoms with Crippen LogP contribution in [-0.2, 0) is 0 Å². The molecule has 0 saturated carbocycles. The second kappa shape index (κ2) is 7.42. The number of anilines is 1. The zero-order valence-electron chi connectivity index (χ0n) is 13.4. The van der Waals surface area contributed by atoms with Crippen LogP contribution in [0.5, 0.6) is 5.88 Å². The monoisotopic (exact) mass is 313 g/mol. The van der Waals surface area contributed by atoms with Gasteiger partial charge in [0.2, 0.25) is 5.88 Å². The first kappa shape index (κ1) is 15.7. The fourth-order valence-electron chi connectivity index (χ4n) is 3.07. The normalized spacial score (nSPS) is 17.0. The van der Waals surface area contributed by atoms with Gasteiger partial charge >= 0.3 is 0 Å². The summed E-state index contributed by atoms with van der Waals surface area (Å²) in [5, 5.41) is 10.5. The Hall–Kier alpha value is -2.14. The summed E-state index contributed by atoms with van der Waals surface area (Å²) >= 11 is 0. The Morgan fingerprint density at radius 2 is 1.96 bits per heavy atom. The van der Waals surface area contributed by atoms with Gasteiger partial charge in [-0.1, -0.05) is 30.3 Å². The minimum absolute atomic E-state index is 0.289. The maximum atomic E-state index is 10.5. The number of hydrogen-bond acceptors (Lipinski definition) is 5. The molecule has 1 fully saturated rings. The molecule has 23 heavy (non-hydrogen) atoms. The van der Waals surface area contributed by atoms with Crippen molar-refractivity contribution < 1.29 is 9.84 Å². The van der Waals surface area contributed by atoms with Crippen molar-refractivity contribution in [3.8, 4) is 5.88 Å². The van der Waals surface area contributed by atoms with Crippen molar-refractivity contribution in [3.63, 3.8) is 0 Å². The summed E-state index contributed by atoms with van der Waals surface area (Å²) in [7, 11) is 0.